The molecule has 4 rings (SSSR count). The molecule has 2 aromatic rings. The molecule has 162 valence electrons. The van der Waals surface area contributed by atoms with Gasteiger partial charge in [-0.15, -0.1) is 11.3 Å². The zero-order chi connectivity index (χ0) is 20.9. The lowest BCUT2D eigenvalue weighted by molar-refractivity contribution is -0.119. The van der Waals surface area contributed by atoms with Crippen molar-refractivity contribution < 1.29 is 9.53 Å². The van der Waals surface area contributed by atoms with E-state index in [9.17, 15) is 4.79 Å². The lowest BCUT2D eigenvalue weighted by Gasteiger charge is -2.33. The van der Waals surface area contributed by atoms with Gasteiger partial charge >= 0.3 is 0 Å². The van der Waals surface area contributed by atoms with E-state index >= 15 is 0 Å². The van der Waals surface area contributed by atoms with Crippen molar-refractivity contribution in [2.24, 2.45) is 0 Å². The van der Waals surface area contributed by atoms with Crippen molar-refractivity contribution in [1.82, 2.24) is 20.5 Å². The van der Waals surface area contributed by atoms with E-state index in [4.69, 9.17) is 27.9 Å². The Labute approximate surface area is 194 Å². The van der Waals surface area contributed by atoms with E-state index in [0.717, 1.165) is 49.0 Å². The molecule has 2 aliphatic rings. The molecule has 1 saturated heterocycles. The van der Waals surface area contributed by atoms with Crippen molar-refractivity contribution in [2.75, 3.05) is 38.5 Å². The number of benzene rings is 1. The number of morpholine rings is 1. The Bertz CT molecular complexity index is 872. The van der Waals surface area contributed by atoms with Gasteiger partial charge in [0.15, 0.2) is 4.34 Å². The maximum atomic E-state index is 12.3. The number of nitrogens with one attached hydrogen (secondary N) is 2. The fraction of sp³-hybridized carbons (Fsp3) is 0.500. The van der Waals surface area contributed by atoms with Crippen molar-refractivity contribution >= 4 is 52.2 Å². The summed E-state index contributed by atoms with van der Waals surface area (Å²) >= 11 is 15.3. The second-order valence-corrected chi connectivity index (χ2v) is 10.5. The highest BCUT2D eigenvalue weighted by Gasteiger charge is 2.22. The first-order valence-electron chi connectivity index (χ1n) is 9.93. The third-order valence-corrected chi connectivity index (χ3v) is 8.03. The van der Waals surface area contributed by atoms with Crippen LogP contribution in [0.25, 0.3) is 0 Å². The van der Waals surface area contributed by atoms with Gasteiger partial charge in [0.05, 0.1) is 34.2 Å². The summed E-state index contributed by atoms with van der Waals surface area (Å²) in [6.45, 7) is 5.42. The molecule has 0 saturated carbocycles. The lowest BCUT2D eigenvalue weighted by atomic mass is 10.2. The van der Waals surface area contributed by atoms with Gasteiger partial charge in [0, 0.05) is 50.6 Å². The van der Waals surface area contributed by atoms with Crippen LogP contribution in [0.15, 0.2) is 22.5 Å². The first-order valence-corrected chi connectivity index (χ1v) is 12.5. The van der Waals surface area contributed by atoms with Crippen molar-refractivity contribution in [1.29, 1.82) is 0 Å². The van der Waals surface area contributed by atoms with Gasteiger partial charge in [-0.2, -0.15) is 0 Å². The van der Waals surface area contributed by atoms with Crippen LogP contribution in [-0.2, 0) is 29.0 Å². The minimum absolute atomic E-state index is 0.0107. The molecule has 0 radical (unpaired) electrons. The number of carbonyl (C=O) groups excluding carboxylic acids is 1. The molecule has 1 amide bonds. The Hall–Kier alpha value is -0.870. The van der Waals surface area contributed by atoms with Crippen LogP contribution in [0.1, 0.15) is 16.1 Å². The number of amides is 1. The van der Waals surface area contributed by atoms with E-state index in [1.165, 1.54) is 22.3 Å². The van der Waals surface area contributed by atoms with E-state index < -0.39 is 0 Å². The van der Waals surface area contributed by atoms with E-state index in [1.807, 2.05) is 18.2 Å². The van der Waals surface area contributed by atoms with Gasteiger partial charge in [-0.3, -0.25) is 9.69 Å². The Morgan fingerprint density at radius 3 is 3.13 bits per heavy atom. The molecular formula is C20H24Cl2N4O2S2. The summed E-state index contributed by atoms with van der Waals surface area (Å²) in [6.07, 6.45) is 0.949. The minimum Gasteiger partial charge on any atom is -0.374 e. The second kappa shape index (κ2) is 10.6. The largest absolute Gasteiger partial charge is 0.374 e. The van der Waals surface area contributed by atoms with Crippen LogP contribution in [0.2, 0.25) is 10.0 Å². The van der Waals surface area contributed by atoms with Crippen molar-refractivity contribution in [3.05, 3.63) is 44.4 Å². The van der Waals surface area contributed by atoms with E-state index in [0.29, 0.717) is 28.9 Å². The Morgan fingerprint density at radius 2 is 2.30 bits per heavy atom. The number of fused-ring (bicyclic) bond motifs is 1. The van der Waals surface area contributed by atoms with Gasteiger partial charge in [-0.1, -0.05) is 41.0 Å². The van der Waals surface area contributed by atoms with Crippen LogP contribution in [0.4, 0.5) is 0 Å². The third kappa shape index (κ3) is 6.09. The van der Waals surface area contributed by atoms with Gasteiger partial charge in [0.1, 0.15) is 0 Å². The van der Waals surface area contributed by atoms with Gasteiger partial charge in [0.25, 0.3) is 0 Å². The topological polar surface area (TPSA) is 66.5 Å². The normalized spacial score (nSPS) is 19.5. The van der Waals surface area contributed by atoms with Gasteiger partial charge in [-0.25, -0.2) is 4.98 Å². The predicted octanol–water partition coefficient (Wildman–Crippen LogP) is 3.20. The van der Waals surface area contributed by atoms with E-state index in [-0.39, 0.29) is 12.0 Å². The fourth-order valence-corrected chi connectivity index (χ4v) is 5.89. The summed E-state index contributed by atoms with van der Waals surface area (Å²) in [7, 11) is 0. The summed E-state index contributed by atoms with van der Waals surface area (Å²) in [5, 5.41) is 7.49. The quantitative estimate of drug-likeness (QED) is 0.585. The predicted molar refractivity (Wildman–Crippen MR) is 123 cm³/mol. The number of nitrogens with zero attached hydrogens (tertiary/aromatic N) is 2. The number of halogens is 2. The van der Waals surface area contributed by atoms with Gasteiger partial charge in [-0.05, 0) is 17.7 Å². The van der Waals surface area contributed by atoms with E-state index in [2.05, 4.69) is 20.5 Å². The van der Waals surface area contributed by atoms with Crippen LogP contribution >= 0.6 is 46.3 Å². The number of carbonyl (C=O) groups is 1. The molecule has 1 fully saturated rings. The highest BCUT2D eigenvalue weighted by molar-refractivity contribution is 8.01. The average Bonchev–Trinajstić information content (AvgIpc) is 3.17. The highest BCUT2D eigenvalue weighted by atomic mass is 35.5. The molecule has 1 aromatic carbocycles. The Kier molecular flexibility index (Phi) is 7.91. The average molecular weight is 487 g/mol. The monoisotopic (exact) mass is 486 g/mol. The van der Waals surface area contributed by atoms with Crippen LogP contribution in [-0.4, -0.2) is 60.4 Å². The van der Waals surface area contributed by atoms with Crippen molar-refractivity contribution in [3.8, 4) is 0 Å². The maximum absolute atomic E-state index is 12.3. The summed E-state index contributed by atoms with van der Waals surface area (Å²) in [5.41, 5.74) is 2.30. The Morgan fingerprint density at radius 1 is 1.40 bits per heavy atom. The highest BCUT2D eigenvalue weighted by Crippen LogP contribution is 2.29. The number of hydrogen-bond donors (Lipinski definition) is 2. The number of thioether (sulfide) groups is 1. The van der Waals surface area contributed by atoms with Crippen LogP contribution in [0, 0.1) is 0 Å². The van der Waals surface area contributed by atoms with Crippen molar-refractivity contribution in [3.63, 3.8) is 0 Å². The van der Waals surface area contributed by atoms with Crippen molar-refractivity contribution in [2.45, 2.75) is 30.0 Å². The van der Waals surface area contributed by atoms with Crippen LogP contribution < -0.4 is 10.6 Å². The summed E-state index contributed by atoms with van der Waals surface area (Å²) < 4.78 is 6.80. The molecule has 3 heterocycles. The molecular weight excluding hydrogens is 463 g/mol. The minimum atomic E-state index is -0.0197. The molecule has 0 aliphatic carbocycles. The van der Waals surface area contributed by atoms with Crippen LogP contribution in [0.3, 0.4) is 0 Å². The van der Waals surface area contributed by atoms with Gasteiger partial charge < -0.3 is 15.4 Å². The molecule has 6 nitrogen and oxygen atoms in total. The molecule has 30 heavy (non-hydrogen) atoms. The first kappa shape index (κ1) is 22.3. The number of hydrogen-bond acceptors (Lipinski definition) is 7. The molecule has 2 N–H and O–H groups in total. The number of thiazole rings is 1. The molecule has 1 aromatic heterocycles. The fourth-order valence-electron chi connectivity index (χ4n) is 3.51. The smallest absolute Gasteiger partial charge is 0.230 e. The number of ether oxygens (including phenoxy) is 1. The molecule has 0 bridgehead atoms. The second-order valence-electron chi connectivity index (χ2n) is 7.35. The summed E-state index contributed by atoms with van der Waals surface area (Å²) in [5.74, 6) is 0.385. The third-order valence-electron chi connectivity index (χ3n) is 5.05. The molecule has 2 aliphatic heterocycles. The number of aromatic nitrogens is 1. The summed E-state index contributed by atoms with van der Waals surface area (Å²) in [4.78, 5) is 20.5. The molecule has 0 spiro atoms. The van der Waals surface area contributed by atoms with Crippen LogP contribution in [0.5, 0.6) is 0 Å². The summed E-state index contributed by atoms with van der Waals surface area (Å²) in [6, 6.07) is 5.72. The maximum Gasteiger partial charge on any atom is 0.230 e. The SMILES string of the molecule is O=C(CSc1nc2c(s1)CNCC2)NCC1CN(Cc2ccc(Cl)c(Cl)c2)CCO1. The van der Waals surface area contributed by atoms with E-state index in [1.54, 1.807) is 11.3 Å². The zero-order valence-corrected chi connectivity index (χ0v) is 19.6. The molecule has 1 unspecified atom stereocenters. The van der Waals surface area contributed by atoms with Gasteiger partial charge in [0.2, 0.25) is 5.91 Å². The molecule has 10 heteroatoms. The first-order chi connectivity index (χ1) is 14.6. The lowest BCUT2D eigenvalue weighted by Crippen LogP contribution is -2.47. The molecule has 1 atom stereocenters. The number of rotatable bonds is 7. The zero-order valence-electron chi connectivity index (χ0n) is 16.5. The standard InChI is InChI=1S/C20H24Cl2N4O2S2/c21-15-2-1-13(7-16(15)22)10-26-5-6-28-14(11-26)8-24-19(27)12-29-20-25-17-3-4-23-9-18(17)30-20/h1-2,7,14,23H,3-6,8-12H2,(H,24,27). The Balaban J connectivity index is 1.19.